The molecule has 0 saturated heterocycles. The van der Waals surface area contributed by atoms with Crippen LogP contribution in [0.2, 0.25) is 5.02 Å². The molecule has 1 aromatic carbocycles. The fourth-order valence-electron chi connectivity index (χ4n) is 1.95. The Morgan fingerprint density at radius 2 is 2.00 bits per heavy atom. The molecule has 1 aliphatic carbocycles. The molecule has 4 heteroatoms. The number of benzene rings is 1. The van der Waals surface area contributed by atoms with E-state index in [-0.39, 0.29) is 0 Å². The van der Waals surface area contributed by atoms with E-state index in [0.717, 1.165) is 22.7 Å². The second kappa shape index (κ2) is 5.04. The van der Waals surface area contributed by atoms with Crippen LogP contribution in [0.25, 0.3) is 11.1 Å². The minimum absolute atomic E-state index is 0.695. The Labute approximate surface area is 111 Å². The summed E-state index contributed by atoms with van der Waals surface area (Å²) >= 11 is 6.08. The van der Waals surface area contributed by atoms with Gasteiger partial charge in [0.2, 0.25) is 0 Å². The van der Waals surface area contributed by atoms with Gasteiger partial charge in [-0.15, -0.1) is 0 Å². The number of nitrogens with one attached hydrogen (secondary N) is 1. The lowest BCUT2D eigenvalue weighted by Gasteiger charge is -2.10. The van der Waals surface area contributed by atoms with Gasteiger partial charge in [0.15, 0.2) is 0 Å². The Balaban J connectivity index is 1.92. The van der Waals surface area contributed by atoms with Gasteiger partial charge in [-0.05, 0) is 36.1 Å². The van der Waals surface area contributed by atoms with E-state index in [0.29, 0.717) is 6.04 Å². The van der Waals surface area contributed by atoms with Crippen LogP contribution in [0.15, 0.2) is 36.9 Å². The number of halogens is 1. The molecular formula is C14H14ClN3. The van der Waals surface area contributed by atoms with E-state index >= 15 is 0 Å². The van der Waals surface area contributed by atoms with Gasteiger partial charge in [-0.1, -0.05) is 17.7 Å². The zero-order chi connectivity index (χ0) is 12.4. The standard InChI is InChI=1S/C14H14ClN3/c15-12-2-1-10(8-18-13-3-4-13)14(5-12)11-6-16-9-17-7-11/h1-2,5-7,9,13,18H,3-4,8H2. The molecule has 3 rings (SSSR count). The summed E-state index contributed by atoms with van der Waals surface area (Å²) in [6, 6.07) is 6.67. The van der Waals surface area contributed by atoms with Crippen molar-refractivity contribution in [3.63, 3.8) is 0 Å². The summed E-state index contributed by atoms with van der Waals surface area (Å²) in [7, 11) is 0. The molecule has 1 aromatic heterocycles. The third-order valence-corrected chi connectivity index (χ3v) is 3.34. The Kier molecular flexibility index (Phi) is 3.26. The molecule has 0 aliphatic heterocycles. The van der Waals surface area contributed by atoms with Crippen LogP contribution in [-0.4, -0.2) is 16.0 Å². The highest BCUT2D eigenvalue weighted by atomic mass is 35.5. The predicted octanol–water partition coefficient (Wildman–Crippen LogP) is 3.05. The lowest BCUT2D eigenvalue weighted by molar-refractivity contribution is 0.689. The first kappa shape index (κ1) is 11.6. The molecule has 2 aromatic rings. The molecule has 0 atom stereocenters. The van der Waals surface area contributed by atoms with Gasteiger partial charge in [0.1, 0.15) is 6.33 Å². The highest BCUT2D eigenvalue weighted by molar-refractivity contribution is 6.30. The van der Waals surface area contributed by atoms with Crippen LogP contribution < -0.4 is 5.32 Å². The zero-order valence-electron chi connectivity index (χ0n) is 9.94. The van der Waals surface area contributed by atoms with Crippen molar-refractivity contribution in [1.29, 1.82) is 0 Å². The fraction of sp³-hybridized carbons (Fsp3) is 0.286. The molecule has 0 bridgehead atoms. The highest BCUT2D eigenvalue weighted by Gasteiger charge is 2.20. The Morgan fingerprint density at radius 3 is 2.72 bits per heavy atom. The van der Waals surface area contributed by atoms with Crippen LogP contribution in [-0.2, 0) is 6.54 Å². The molecule has 18 heavy (non-hydrogen) atoms. The second-order valence-corrected chi connectivity index (χ2v) is 5.02. The fourth-order valence-corrected chi connectivity index (χ4v) is 2.12. The smallest absolute Gasteiger partial charge is 0.115 e. The van der Waals surface area contributed by atoms with Gasteiger partial charge in [-0.25, -0.2) is 9.97 Å². The van der Waals surface area contributed by atoms with Gasteiger partial charge in [0.05, 0.1) is 0 Å². The molecule has 92 valence electrons. The van der Waals surface area contributed by atoms with Crippen molar-refractivity contribution in [2.75, 3.05) is 0 Å². The van der Waals surface area contributed by atoms with Gasteiger partial charge in [-0.2, -0.15) is 0 Å². The van der Waals surface area contributed by atoms with Crippen LogP contribution in [0, 0.1) is 0 Å². The summed E-state index contributed by atoms with van der Waals surface area (Å²) in [5.41, 5.74) is 3.35. The molecule has 0 spiro atoms. The second-order valence-electron chi connectivity index (χ2n) is 4.58. The van der Waals surface area contributed by atoms with Crippen molar-refractivity contribution in [2.45, 2.75) is 25.4 Å². The van der Waals surface area contributed by atoms with Gasteiger partial charge in [-0.3, -0.25) is 0 Å². The summed E-state index contributed by atoms with van der Waals surface area (Å²) in [5.74, 6) is 0. The number of rotatable bonds is 4. The largest absolute Gasteiger partial charge is 0.310 e. The summed E-state index contributed by atoms with van der Waals surface area (Å²) in [5, 5.41) is 4.26. The Morgan fingerprint density at radius 1 is 1.22 bits per heavy atom. The highest BCUT2D eigenvalue weighted by Crippen LogP contribution is 2.27. The third kappa shape index (κ3) is 2.68. The summed E-state index contributed by atoms with van der Waals surface area (Å²) in [6.45, 7) is 0.867. The molecule has 3 nitrogen and oxygen atoms in total. The monoisotopic (exact) mass is 259 g/mol. The van der Waals surface area contributed by atoms with E-state index in [1.165, 1.54) is 24.7 Å². The molecule has 0 radical (unpaired) electrons. The minimum atomic E-state index is 0.695. The average Bonchev–Trinajstić information content (AvgIpc) is 3.22. The molecule has 1 saturated carbocycles. The van der Waals surface area contributed by atoms with E-state index in [9.17, 15) is 0 Å². The van der Waals surface area contributed by atoms with Crippen molar-refractivity contribution in [1.82, 2.24) is 15.3 Å². The van der Waals surface area contributed by atoms with Crippen LogP contribution >= 0.6 is 11.6 Å². The first-order chi connectivity index (χ1) is 8.83. The van der Waals surface area contributed by atoms with Gasteiger partial charge in [0, 0.05) is 35.6 Å². The van der Waals surface area contributed by atoms with Gasteiger partial charge >= 0.3 is 0 Å². The van der Waals surface area contributed by atoms with Crippen molar-refractivity contribution in [3.8, 4) is 11.1 Å². The SMILES string of the molecule is Clc1ccc(CNC2CC2)c(-c2cncnc2)c1. The maximum atomic E-state index is 6.08. The number of hydrogen-bond donors (Lipinski definition) is 1. The normalized spacial score (nSPS) is 14.7. The molecule has 0 amide bonds. The first-order valence-electron chi connectivity index (χ1n) is 6.10. The van der Waals surface area contributed by atoms with Crippen LogP contribution in [0.4, 0.5) is 0 Å². The van der Waals surface area contributed by atoms with Crippen molar-refractivity contribution in [2.24, 2.45) is 0 Å². The quantitative estimate of drug-likeness (QED) is 0.917. The topological polar surface area (TPSA) is 37.8 Å². The summed E-state index contributed by atoms with van der Waals surface area (Å²) in [4.78, 5) is 8.13. The maximum absolute atomic E-state index is 6.08. The first-order valence-corrected chi connectivity index (χ1v) is 6.48. The number of aromatic nitrogens is 2. The summed E-state index contributed by atoms with van der Waals surface area (Å²) < 4.78 is 0. The van der Waals surface area contributed by atoms with Crippen LogP contribution in [0.1, 0.15) is 18.4 Å². The minimum Gasteiger partial charge on any atom is -0.310 e. The van der Waals surface area contributed by atoms with Gasteiger partial charge in [0.25, 0.3) is 0 Å². The summed E-state index contributed by atoms with van der Waals surface area (Å²) in [6.07, 6.45) is 7.75. The maximum Gasteiger partial charge on any atom is 0.115 e. The number of nitrogens with zero attached hydrogens (tertiary/aromatic N) is 2. The van der Waals surface area contributed by atoms with E-state index in [1.807, 2.05) is 24.5 Å². The van der Waals surface area contributed by atoms with Gasteiger partial charge < -0.3 is 5.32 Å². The third-order valence-electron chi connectivity index (χ3n) is 3.10. The van der Waals surface area contributed by atoms with Crippen LogP contribution in [0.3, 0.4) is 0 Å². The molecule has 1 fully saturated rings. The van der Waals surface area contributed by atoms with Crippen molar-refractivity contribution >= 4 is 11.6 Å². The Hall–Kier alpha value is -1.45. The predicted molar refractivity (Wildman–Crippen MR) is 72.3 cm³/mol. The van der Waals surface area contributed by atoms with E-state index in [1.54, 1.807) is 0 Å². The van der Waals surface area contributed by atoms with Crippen LogP contribution in [0.5, 0.6) is 0 Å². The Bertz CT molecular complexity index is 538. The lowest BCUT2D eigenvalue weighted by atomic mass is 10.0. The molecule has 1 N–H and O–H groups in total. The van der Waals surface area contributed by atoms with E-state index in [2.05, 4.69) is 21.4 Å². The lowest BCUT2D eigenvalue weighted by Crippen LogP contribution is -2.15. The molecule has 0 unspecified atom stereocenters. The van der Waals surface area contributed by atoms with Crippen molar-refractivity contribution in [3.05, 3.63) is 47.5 Å². The molecular weight excluding hydrogens is 246 g/mol. The molecule has 1 aliphatic rings. The van der Waals surface area contributed by atoms with Crippen molar-refractivity contribution < 1.29 is 0 Å². The number of hydrogen-bond acceptors (Lipinski definition) is 3. The molecule has 1 heterocycles. The van der Waals surface area contributed by atoms with E-state index < -0.39 is 0 Å². The van der Waals surface area contributed by atoms with E-state index in [4.69, 9.17) is 11.6 Å². The average molecular weight is 260 g/mol. The zero-order valence-corrected chi connectivity index (χ0v) is 10.7.